The Morgan fingerprint density at radius 1 is 1.38 bits per heavy atom. The summed E-state index contributed by atoms with van der Waals surface area (Å²) in [5.41, 5.74) is 1.42. The molecule has 2 rings (SSSR count). The molecule has 0 bridgehead atoms. The molecule has 1 heterocycles. The first-order valence-corrected chi connectivity index (χ1v) is 7.09. The third-order valence-electron chi connectivity index (χ3n) is 3.02. The van der Waals surface area contributed by atoms with Crippen LogP contribution < -0.4 is 5.32 Å². The number of nitrogens with zero attached hydrogens (tertiary/aromatic N) is 1. The highest BCUT2D eigenvalue weighted by Crippen LogP contribution is 2.16. The Labute approximate surface area is 102 Å². The summed E-state index contributed by atoms with van der Waals surface area (Å²) < 4.78 is 0. The van der Waals surface area contributed by atoms with Crippen molar-refractivity contribution in [2.24, 2.45) is 0 Å². The Morgan fingerprint density at radius 3 is 2.75 bits per heavy atom. The van der Waals surface area contributed by atoms with Crippen molar-refractivity contribution >= 4 is 11.8 Å². The van der Waals surface area contributed by atoms with E-state index < -0.39 is 0 Å². The molecule has 1 aliphatic heterocycles. The van der Waals surface area contributed by atoms with Crippen LogP contribution in [0.25, 0.3) is 0 Å². The van der Waals surface area contributed by atoms with Crippen LogP contribution in [0.5, 0.6) is 0 Å². The minimum atomic E-state index is 0.624. The first kappa shape index (κ1) is 12.0. The van der Waals surface area contributed by atoms with Crippen LogP contribution in [0, 0.1) is 0 Å². The van der Waals surface area contributed by atoms with Gasteiger partial charge < -0.3 is 5.32 Å². The van der Waals surface area contributed by atoms with E-state index >= 15 is 0 Å². The number of hydrogen-bond acceptors (Lipinski definition) is 3. The maximum Gasteiger partial charge on any atom is 0.0234 e. The minimum absolute atomic E-state index is 0.624. The second-order valence-electron chi connectivity index (χ2n) is 4.44. The van der Waals surface area contributed by atoms with E-state index in [1.165, 1.54) is 10.5 Å². The summed E-state index contributed by atoms with van der Waals surface area (Å²) >= 11 is 1.80. The van der Waals surface area contributed by atoms with Gasteiger partial charge in [0.25, 0.3) is 0 Å². The number of nitrogens with one attached hydrogen (secondary N) is 1. The molecule has 1 saturated heterocycles. The Balaban J connectivity index is 1.92. The number of rotatable bonds is 3. The molecule has 0 saturated carbocycles. The van der Waals surface area contributed by atoms with Gasteiger partial charge >= 0.3 is 0 Å². The molecule has 1 fully saturated rings. The van der Waals surface area contributed by atoms with Gasteiger partial charge in [0.2, 0.25) is 0 Å². The number of hydrogen-bond donors (Lipinski definition) is 1. The second-order valence-corrected chi connectivity index (χ2v) is 5.32. The van der Waals surface area contributed by atoms with Crippen LogP contribution in [0.2, 0.25) is 0 Å². The first-order chi connectivity index (χ1) is 7.78. The topological polar surface area (TPSA) is 15.3 Å². The number of piperazine rings is 1. The summed E-state index contributed by atoms with van der Waals surface area (Å²) in [5.74, 6) is 0. The maximum atomic E-state index is 3.47. The normalized spacial score (nSPS) is 22.2. The molecule has 1 aromatic carbocycles. The monoisotopic (exact) mass is 236 g/mol. The standard InChI is InChI=1S/C13H20N2S/c1-11-9-15(8-7-14-11)10-12-3-5-13(16-2)6-4-12/h3-6,11,14H,7-10H2,1-2H3/t11-/m1/s1. The fraction of sp³-hybridized carbons (Fsp3) is 0.538. The van der Waals surface area contributed by atoms with Gasteiger partial charge in [-0.1, -0.05) is 12.1 Å². The van der Waals surface area contributed by atoms with E-state index in [1.807, 2.05) is 0 Å². The van der Waals surface area contributed by atoms with Gasteiger partial charge in [-0.3, -0.25) is 4.90 Å². The van der Waals surface area contributed by atoms with Crippen molar-refractivity contribution in [1.29, 1.82) is 0 Å². The van der Waals surface area contributed by atoms with Crippen LogP contribution >= 0.6 is 11.8 Å². The van der Waals surface area contributed by atoms with Gasteiger partial charge in [-0.2, -0.15) is 0 Å². The fourth-order valence-corrected chi connectivity index (χ4v) is 2.55. The van der Waals surface area contributed by atoms with Crippen LogP contribution in [-0.4, -0.2) is 36.8 Å². The van der Waals surface area contributed by atoms with E-state index in [-0.39, 0.29) is 0 Å². The molecular formula is C13H20N2S. The first-order valence-electron chi connectivity index (χ1n) is 5.86. The van der Waals surface area contributed by atoms with Gasteiger partial charge in [0.15, 0.2) is 0 Å². The molecule has 0 unspecified atom stereocenters. The summed E-state index contributed by atoms with van der Waals surface area (Å²) in [5, 5.41) is 3.47. The molecule has 0 aliphatic carbocycles. The molecule has 16 heavy (non-hydrogen) atoms. The van der Waals surface area contributed by atoms with Crippen molar-refractivity contribution in [1.82, 2.24) is 10.2 Å². The van der Waals surface area contributed by atoms with Crippen molar-refractivity contribution < 1.29 is 0 Å². The molecule has 1 aromatic rings. The summed E-state index contributed by atoms with van der Waals surface area (Å²) in [4.78, 5) is 3.87. The lowest BCUT2D eigenvalue weighted by atomic mass is 10.1. The van der Waals surface area contributed by atoms with Gasteiger partial charge in [-0.25, -0.2) is 0 Å². The van der Waals surface area contributed by atoms with Gasteiger partial charge in [-0.05, 0) is 30.9 Å². The molecule has 88 valence electrons. The molecule has 1 atom stereocenters. The summed E-state index contributed by atoms with van der Waals surface area (Å²) in [7, 11) is 0. The Bertz CT molecular complexity index is 323. The van der Waals surface area contributed by atoms with Gasteiger partial charge in [0, 0.05) is 37.1 Å². The van der Waals surface area contributed by atoms with Crippen LogP contribution in [0.4, 0.5) is 0 Å². The van der Waals surface area contributed by atoms with Gasteiger partial charge in [0.05, 0.1) is 0 Å². The fourth-order valence-electron chi connectivity index (χ4n) is 2.14. The smallest absolute Gasteiger partial charge is 0.0234 e. The largest absolute Gasteiger partial charge is 0.312 e. The predicted octanol–water partition coefficient (Wildman–Crippen LogP) is 2.20. The van der Waals surface area contributed by atoms with Crippen LogP contribution in [0.1, 0.15) is 12.5 Å². The molecule has 2 nitrogen and oxygen atoms in total. The van der Waals surface area contributed by atoms with E-state index in [1.54, 1.807) is 11.8 Å². The summed E-state index contributed by atoms with van der Waals surface area (Å²) in [6.07, 6.45) is 2.12. The minimum Gasteiger partial charge on any atom is -0.312 e. The lowest BCUT2D eigenvalue weighted by molar-refractivity contribution is 0.199. The third-order valence-corrected chi connectivity index (χ3v) is 3.76. The zero-order chi connectivity index (χ0) is 11.4. The highest BCUT2D eigenvalue weighted by molar-refractivity contribution is 7.98. The number of thioether (sulfide) groups is 1. The molecule has 3 heteroatoms. The summed E-state index contributed by atoms with van der Waals surface area (Å²) in [6, 6.07) is 9.55. The average Bonchev–Trinajstić information content (AvgIpc) is 2.30. The lowest BCUT2D eigenvalue weighted by Gasteiger charge is -2.31. The van der Waals surface area contributed by atoms with E-state index in [0.717, 1.165) is 26.2 Å². The van der Waals surface area contributed by atoms with Crippen LogP contribution in [0.15, 0.2) is 29.2 Å². The van der Waals surface area contributed by atoms with Crippen LogP contribution in [-0.2, 0) is 6.54 Å². The van der Waals surface area contributed by atoms with Crippen molar-refractivity contribution in [3.63, 3.8) is 0 Å². The highest BCUT2D eigenvalue weighted by Gasteiger charge is 2.15. The summed E-state index contributed by atoms with van der Waals surface area (Å²) in [6.45, 7) is 6.77. The maximum absolute atomic E-state index is 3.47. The Hall–Kier alpha value is -0.510. The Morgan fingerprint density at radius 2 is 2.12 bits per heavy atom. The van der Waals surface area contributed by atoms with Crippen LogP contribution in [0.3, 0.4) is 0 Å². The third kappa shape index (κ3) is 3.24. The predicted molar refractivity (Wildman–Crippen MR) is 71.0 cm³/mol. The van der Waals surface area contributed by atoms with E-state index in [2.05, 4.69) is 47.7 Å². The van der Waals surface area contributed by atoms with Gasteiger partial charge in [-0.15, -0.1) is 11.8 Å². The average molecular weight is 236 g/mol. The molecule has 1 aliphatic rings. The van der Waals surface area contributed by atoms with Crippen molar-refractivity contribution in [3.05, 3.63) is 29.8 Å². The zero-order valence-corrected chi connectivity index (χ0v) is 10.9. The lowest BCUT2D eigenvalue weighted by Crippen LogP contribution is -2.48. The molecule has 1 N–H and O–H groups in total. The van der Waals surface area contributed by atoms with Crippen molar-refractivity contribution in [3.8, 4) is 0 Å². The van der Waals surface area contributed by atoms with E-state index in [0.29, 0.717) is 6.04 Å². The number of benzene rings is 1. The molecule has 0 aromatic heterocycles. The zero-order valence-electron chi connectivity index (χ0n) is 10.1. The molecular weight excluding hydrogens is 216 g/mol. The SMILES string of the molecule is CSc1ccc(CN2CCN[C@H](C)C2)cc1. The molecule has 0 spiro atoms. The van der Waals surface area contributed by atoms with Crippen molar-refractivity contribution in [2.45, 2.75) is 24.4 Å². The highest BCUT2D eigenvalue weighted by atomic mass is 32.2. The van der Waals surface area contributed by atoms with Crippen molar-refractivity contribution in [2.75, 3.05) is 25.9 Å². The van der Waals surface area contributed by atoms with E-state index in [4.69, 9.17) is 0 Å². The van der Waals surface area contributed by atoms with Gasteiger partial charge in [0.1, 0.15) is 0 Å². The van der Waals surface area contributed by atoms with E-state index in [9.17, 15) is 0 Å². The molecule has 0 radical (unpaired) electrons. The Kier molecular flexibility index (Phi) is 4.27. The quantitative estimate of drug-likeness (QED) is 0.810. The molecule has 0 amide bonds. The second kappa shape index (κ2) is 5.71.